The van der Waals surface area contributed by atoms with E-state index in [4.69, 9.17) is 5.73 Å². The van der Waals surface area contributed by atoms with Crippen molar-refractivity contribution in [2.24, 2.45) is 0 Å². The molecule has 6 nitrogen and oxygen atoms in total. The van der Waals surface area contributed by atoms with E-state index in [1.165, 1.54) is 6.33 Å². The van der Waals surface area contributed by atoms with Crippen LogP contribution in [0.4, 0.5) is 11.4 Å². The van der Waals surface area contributed by atoms with Crippen molar-refractivity contribution in [2.45, 2.75) is 12.8 Å². The number of pyridine rings is 1. The fourth-order valence-corrected chi connectivity index (χ4v) is 1.94. The molecule has 0 fully saturated rings. The predicted molar refractivity (Wildman–Crippen MR) is 69.5 cm³/mol. The minimum Gasteiger partial charge on any atom is -0.396 e. The van der Waals surface area contributed by atoms with Gasteiger partial charge in [0.1, 0.15) is 12.2 Å². The molecule has 0 aromatic carbocycles. The van der Waals surface area contributed by atoms with Crippen molar-refractivity contribution < 1.29 is 0 Å². The fraction of sp³-hybridized carbons (Fsp3) is 0.300. The van der Waals surface area contributed by atoms with Gasteiger partial charge in [0.05, 0.1) is 22.0 Å². The highest BCUT2D eigenvalue weighted by atomic mass is 79.9. The van der Waals surface area contributed by atoms with Crippen LogP contribution in [0.2, 0.25) is 0 Å². The van der Waals surface area contributed by atoms with Gasteiger partial charge in [0.15, 0.2) is 0 Å². The molecule has 2 aromatic heterocycles. The van der Waals surface area contributed by atoms with Gasteiger partial charge in [-0.2, -0.15) is 5.10 Å². The molecular weight excluding hydrogens is 284 g/mol. The molecule has 0 atom stereocenters. The molecule has 0 unspecified atom stereocenters. The molecule has 17 heavy (non-hydrogen) atoms. The van der Waals surface area contributed by atoms with Crippen molar-refractivity contribution in [3.05, 3.63) is 29.0 Å². The lowest BCUT2D eigenvalue weighted by molar-refractivity contribution is 0.805. The maximum absolute atomic E-state index is 5.81. The van der Waals surface area contributed by atoms with Crippen LogP contribution in [0.5, 0.6) is 0 Å². The third-order valence-corrected chi connectivity index (χ3v) is 2.89. The van der Waals surface area contributed by atoms with Crippen LogP contribution in [0.3, 0.4) is 0 Å². The fourth-order valence-electron chi connectivity index (χ4n) is 1.46. The Hall–Kier alpha value is -1.63. The number of nitrogens with zero attached hydrogens (tertiary/aromatic N) is 3. The SMILES string of the molecule is Nc1cncc(Br)c1NCCCc1ncn[nH]1. The number of aromatic nitrogens is 4. The lowest BCUT2D eigenvalue weighted by Gasteiger charge is -2.10. The second-order valence-corrected chi connectivity index (χ2v) is 4.40. The summed E-state index contributed by atoms with van der Waals surface area (Å²) in [6.45, 7) is 0.813. The first-order valence-electron chi connectivity index (χ1n) is 5.24. The molecular formula is C10H13BrN6. The maximum atomic E-state index is 5.81. The zero-order valence-electron chi connectivity index (χ0n) is 9.15. The molecule has 7 heteroatoms. The number of hydrogen-bond acceptors (Lipinski definition) is 5. The average molecular weight is 297 g/mol. The molecule has 0 amide bonds. The molecule has 0 saturated carbocycles. The van der Waals surface area contributed by atoms with E-state index < -0.39 is 0 Å². The van der Waals surface area contributed by atoms with E-state index in [0.717, 1.165) is 35.4 Å². The first-order chi connectivity index (χ1) is 8.27. The smallest absolute Gasteiger partial charge is 0.137 e. The monoisotopic (exact) mass is 296 g/mol. The van der Waals surface area contributed by atoms with Gasteiger partial charge in [0.2, 0.25) is 0 Å². The Labute approximate surface area is 107 Å². The Kier molecular flexibility index (Phi) is 3.92. The third kappa shape index (κ3) is 3.16. The van der Waals surface area contributed by atoms with Crippen LogP contribution >= 0.6 is 15.9 Å². The maximum Gasteiger partial charge on any atom is 0.137 e. The van der Waals surface area contributed by atoms with E-state index in [9.17, 15) is 0 Å². The number of halogens is 1. The zero-order chi connectivity index (χ0) is 12.1. The van der Waals surface area contributed by atoms with Crippen LogP contribution in [-0.2, 0) is 6.42 Å². The number of aromatic amines is 1. The topological polar surface area (TPSA) is 92.5 Å². The molecule has 4 N–H and O–H groups in total. The van der Waals surface area contributed by atoms with Gasteiger partial charge in [-0.25, -0.2) is 4.98 Å². The van der Waals surface area contributed by atoms with Crippen molar-refractivity contribution in [2.75, 3.05) is 17.6 Å². The number of nitrogens with two attached hydrogens (primary N) is 1. The van der Waals surface area contributed by atoms with Crippen molar-refractivity contribution in [3.8, 4) is 0 Å². The highest BCUT2D eigenvalue weighted by Crippen LogP contribution is 2.26. The van der Waals surface area contributed by atoms with Crippen LogP contribution < -0.4 is 11.1 Å². The summed E-state index contributed by atoms with van der Waals surface area (Å²) in [4.78, 5) is 8.04. The predicted octanol–water partition coefficient (Wildman–Crippen LogP) is 1.59. The largest absolute Gasteiger partial charge is 0.396 e. The van der Waals surface area contributed by atoms with E-state index in [-0.39, 0.29) is 0 Å². The molecule has 0 saturated heterocycles. The number of anilines is 2. The molecule has 0 spiro atoms. The van der Waals surface area contributed by atoms with E-state index in [2.05, 4.69) is 41.4 Å². The Morgan fingerprint density at radius 1 is 1.41 bits per heavy atom. The Morgan fingerprint density at radius 2 is 2.29 bits per heavy atom. The van der Waals surface area contributed by atoms with Gasteiger partial charge in [0.25, 0.3) is 0 Å². The molecule has 0 aliphatic rings. The summed E-state index contributed by atoms with van der Waals surface area (Å²) in [5.74, 6) is 0.897. The zero-order valence-corrected chi connectivity index (χ0v) is 10.7. The summed E-state index contributed by atoms with van der Waals surface area (Å²) in [6, 6.07) is 0. The van der Waals surface area contributed by atoms with E-state index in [1.54, 1.807) is 12.4 Å². The summed E-state index contributed by atoms with van der Waals surface area (Å²) >= 11 is 3.40. The summed E-state index contributed by atoms with van der Waals surface area (Å²) in [6.07, 6.45) is 6.66. The van der Waals surface area contributed by atoms with Gasteiger partial charge in [-0.15, -0.1) is 0 Å². The highest BCUT2D eigenvalue weighted by molar-refractivity contribution is 9.10. The molecule has 0 radical (unpaired) electrons. The van der Waals surface area contributed by atoms with Crippen molar-refractivity contribution >= 4 is 27.3 Å². The van der Waals surface area contributed by atoms with Gasteiger partial charge >= 0.3 is 0 Å². The third-order valence-electron chi connectivity index (χ3n) is 2.29. The van der Waals surface area contributed by atoms with Crippen molar-refractivity contribution in [1.29, 1.82) is 0 Å². The first kappa shape index (κ1) is 11.8. The average Bonchev–Trinajstić information content (AvgIpc) is 2.80. The number of H-pyrrole nitrogens is 1. The molecule has 2 rings (SSSR count). The van der Waals surface area contributed by atoms with Crippen LogP contribution in [0, 0.1) is 0 Å². The number of rotatable bonds is 5. The molecule has 0 aliphatic carbocycles. The Balaban J connectivity index is 1.82. The first-order valence-corrected chi connectivity index (χ1v) is 6.04. The van der Waals surface area contributed by atoms with Crippen molar-refractivity contribution in [1.82, 2.24) is 20.2 Å². The summed E-state index contributed by atoms with van der Waals surface area (Å²) in [7, 11) is 0. The number of nitrogen functional groups attached to an aromatic ring is 1. The van der Waals surface area contributed by atoms with Gasteiger partial charge in [-0.05, 0) is 22.4 Å². The molecule has 2 heterocycles. The molecule has 0 bridgehead atoms. The quantitative estimate of drug-likeness (QED) is 0.729. The summed E-state index contributed by atoms with van der Waals surface area (Å²) in [5.41, 5.74) is 7.34. The van der Waals surface area contributed by atoms with E-state index in [0.29, 0.717) is 5.69 Å². The van der Waals surface area contributed by atoms with Crippen LogP contribution in [0.25, 0.3) is 0 Å². The van der Waals surface area contributed by atoms with Crippen LogP contribution in [0.15, 0.2) is 23.2 Å². The van der Waals surface area contributed by atoms with Gasteiger partial charge in [-0.1, -0.05) is 0 Å². The summed E-state index contributed by atoms with van der Waals surface area (Å²) < 4.78 is 0.872. The lowest BCUT2D eigenvalue weighted by atomic mass is 10.3. The molecule has 2 aromatic rings. The molecule has 90 valence electrons. The van der Waals surface area contributed by atoms with E-state index >= 15 is 0 Å². The number of aryl methyl sites for hydroxylation is 1. The van der Waals surface area contributed by atoms with Gasteiger partial charge in [-0.3, -0.25) is 10.1 Å². The Bertz CT molecular complexity index is 449. The number of nitrogens with one attached hydrogen (secondary N) is 2. The van der Waals surface area contributed by atoms with Gasteiger partial charge in [0, 0.05) is 19.2 Å². The van der Waals surface area contributed by atoms with E-state index in [1.807, 2.05) is 0 Å². The Morgan fingerprint density at radius 3 is 3.00 bits per heavy atom. The van der Waals surface area contributed by atoms with Crippen LogP contribution in [0.1, 0.15) is 12.2 Å². The normalized spacial score (nSPS) is 10.4. The van der Waals surface area contributed by atoms with Crippen molar-refractivity contribution in [3.63, 3.8) is 0 Å². The van der Waals surface area contributed by atoms with Crippen LogP contribution in [-0.4, -0.2) is 26.7 Å². The minimum atomic E-state index is 0.638. The second kappa shape index (κ2) is 5.62. The van der Waals surface area contributed by atoms with Gasteiger partial charge < -0.3 is 11.1 Å². The minimum absolute atomic E-state index is 0.638. The number of hydrogen-bond donors (Lipinski definition) is 3. The highest BCUT2D eigenvalue weighted by Gasteiger charge is 2.03. The standard InChI is InChI=1S/C10H13BrN6/c11-7-4-13-5-8(12)10(7)14-3-1-2-9-15-6-16-17-9/h4-6H,1-3,12H2,(H,13,14)(H,15,16,17). The second-order valence-electron chi connectivity index (χ2n) is 3.55. The lowest BCUT2D eigenvalue weighted by Crippen LogP contribution is -2.06. The molecule has 0 aliphatic heterocycles. The summed E-state index contributed by atoms with van der Waals surface area (Å²) in [5, 5.41) is 9.89.